The topological polar surface area (TPSA) is 81.2 Å². The highest BCUT2D eigenvalue weighted by Crippen LogP contribution is 2.19. The molecule has 1 rings (SSSR count). The van der Waals surface area contributed by atoms with Gasteiger partial charge in [0, 0.05) is 0 Å². The van der Waals surface area contributed by atoms with Crippen molar-refractivity contribution in [3.63, 3.8) is 0 Å². The van der Waals surface area contributed by atoms with Gasteiger partial charge in [-0.05, 0) is 24.4 Å². The van der Waals surface area contributed by atoms with Crippen molar-refractivity contribution in [3.8, 4) is 0 Å². The van der Waals surface area contributed by atoms with Crippen LogP contribution >= 0.6 is 11.5 Å². The fourth-order valence-electron chi connectivity index (χ4n) is 1.23. The molecule has 0 spiro atoms. The summed E-state index contributed by atoms with van der Waals surface area (Å²) < 4.78 is 8.28. The number of ether oxygens (including phenoxy) is 1. The molecule has 0 saturated carbocycles. The van der Waals surface area contributed by atoms with Crippen molar-refractivity contribution in [2.24, 2.45) is 0 Å². The zero-order chi connectivity index (χ0) is 13.0. The van der Waals surface area contributed by atoms with Crippen LogP contribution in [0.15, 0.2) is 0 Å². The molecule has 0 bridgehead atoms. The Balaban J connectivity index is 2.76. The molecule has 17 heavy (non-hydrogen) atoms. The molecule has 1 aromatic rings. The summed E-state index contributed by atoms with van der Waals surface area (Å²) in [5, 5.41) is 6.45. The molecule has 1 atom stereocenters. The second-order valence-corrected chi connectivity index (χ2v) is 4.61. The molecule has 0 aliphatic carbocycles. The lowest BCUT2D eigenvalue weighted by Gasteiger charge is -2.11. The summed E-state index contributed by atoms with van der Waals surface area (Å²) in [6.45, 7) is 5.42. The predicted octanol–water partition coefficient (Wildman–Crippen LogP) is 0.953. The third-order valence-electron chi connectivity index (χ3n) is 2.17. The van der Waals surface area contributed by atoms with Gasteiger partial charge in [-0.15, -0.1) is 5.10 Å². The lowest BCUT2D eigenvalue weighted by molar-refractivity contribution is -0.142. The lowest BCUT2D eigenvalue weighted by Crippen LogP contribution is -2.39. The van der Waals surface area contributed by atoms with Crippen LogP contribution in [0.25, 0.3) is 0 Å². The first kappa shape index (κ1) is 13.6. The molecule has 94 valence electrons. The predicted molar refractivity (Wildman–Crippen MR) is 62.9 cm³/mol. The highest BCUT2D eigenvalue weighted by atomic mass is 32.1. The summed E-state index contributed by atoms with van der Waals surface area (Å²) in [7, 11) is 1.28. The Bertz CT molecular complexity index is 417. The van der Waals surface area contributed by atoms with Crippen LogP contribution in [0, 0.1) is 0 Å². The molecule has 0 saturated heterocycles. The van der Waals surface area contributed by atoms with Crippen LogP contribution < -0.4 is 5.32 Å². The minimum Gasteiger partial charge on any atom is -0.467 e. The Kier molecular flexibility index (Phi) is 4.56. The standard InChI is InChI=1S/C10H15N3O3S/c1-5(2)7-8(17-13-12-7)9(14)11-6(3)10(15)16-4/h5-6H,1-4H3,(H,11,14). The van der Waals surface area contributed by atoms with Crippen molar-refractivity contribution in [2.75, 3.05) is 7.11 Å². The third kappa shape index (κ3) is 3.23. The van der Waals surface area contributed by atoms with E-state index in [4.69, 9.17) is 0 Å². The number of hydrogen-bond donors (Lipinski definition) is 1. The zero-order valence-electron chi connectivity index (χ0n) is 10.2. The van der Waals surface area contributed by atoms with Crippen LogP contribution in [0.2, 0.25) is 0 Å². The molecule has 7 heteroatoms. The van der Waals surface area contributed by atoms with Crippen molar-refractivity contribution in [1.29, 1.82) is 0 Å². The number of carbonyl (C=O) groups is 2. The zero-order valence-corrected chi connectivity index (χ0v) is 11.0. The number of hydrogen-bond acceptors (Lipinski definition) is 6. The Morgan fingerprint density at radius 1 is 1.35 bits per heavy atom. The first-order valence-corrected chi connectivity index (χ1v) is 5.95. The van der Waals surface area contributed by atoms with E-state index in [9.17, 15) is 9.59 Å². The number of nitrogens with one attached hydrogen (secondary N) is 1. The van der Waals surface area contributed by atoms with Gasteiger partial charge in [0.05, 0.1) is 12.8 Å². The molecule has 0 radical (unpaired) electrons. The van der Waals surface area contributed by atoms with Crippen molar-refractivity contribution >= 4 is 23.4 Å². The number of esters is 1. The van der Waals surface area contributed by atoms with E-state index in [1.807, 2.05) is 13.8 Å². The van der Waals surface area contributed by atoms with Gasteiger partial charge < -0.3 is 10.1 Å². The van der Waals surface area contributed by atoms with Gasteiger partial charge in [-0.1, -0.05) is 18.3 Å². The summed E-state index contributed by atoms with van der Waals surface area (Å²) >= 11 is 1.02. The smallest absolute Gasteiger partial charge is 0.328 e. The van der Waals surface area contributed by atoms with E-state index in [1.165, 1.54) is 7.11 Å². The number of amides is 1. The molecule has 6 nitrogen and oxygen atoms in total. The molecule has 1 heterocycles. The lowest BCUT2D eigenvalue weighted by atomic mass is 10.1. The number of carbonyl (C=O) groups excluding carboxylic acids is 2. The van der Waals surface area contributed by atoms with Crippen LogP contribution in [-0.2, 0) is 9.53 Å². The highest BCUT2D eigenvalue weighted by Gasteiger charge is 2.22. The van der Waals surface area contributed by atoms with E-state index in [0.717, 1.165) is 11.5 Å². The summed E-state index contributed by atoms with van der Waals surface area (Å²) in [4.78, 5) is 23.5. The second-order valence-electron chi connectivity index (χ2n) is 3.86. The maximum atomic E-state index is 11.9. The number of rotatable bonds is 4. The van der Waals surface area contributed by atoms with E-state index in [2.05, 4.69) is 19.6 Å². The highest BCUT2D eigenvalue weighted by molar-refractivity contribution is 7.08. The summed E-state index contributed by atoms with van der Waals surface area (Å²) in [5.41, 5.74) is 0.643. The number of aromatic nitrogens is 2. The van der Waals surface area contributed by atoms with Gasteiger partial charge in [0.2, 0.25) is 0 Å². The minimum atomic E-state index is -0.686. The fourth-order valence-corrected chi connectivity index (χ4v) is 1.95. The molecular formula is C10H15N3O3S. The summed E-state index contributed by atoms with van der Waals surface area (Å²) in [6, 6.07) is -0.686. The van der Waals surface area contributed by atoms with Crippen molar-refractivity contribution in [1.82, 2.24) is 14.9 Å². The van der Waals surface area contributed by atoms with Gasteiger partial charge in [0.15, 0.2) is 0 Å². The van der Waals surface area contributed by atoms with Crippen LogP contribution in [0.1, 0.15) is 42.1 Å². The second kappa shape index (κ2) is 5.72. The summed E-state index contributed by atoms with van der Waals surface area (Å²) in [5.74, 6) is -0.716. The van der Waals surface area contributed by atoms with Crippen LogP contribution in [0.5, 0.6) is 0 Å². The van der Waals surface area contributed by atoms with Gasteiger partial charge in [-0.3, -0.25) is 4.79 Å². The van der Waals surface area contributed by atoms with Crippen molar-refractivity contribution in [2.45, 2.75) is 32.7 Å². The fraction of sp³-hybridized carbons (Fsp3) is 0.600. The quantitative estimate of drug-likeness (QED) is 0.812. The van der Waals surface area contributed by atoms with Gasteiger partial charge >= 0.3 is 5.97 Å². The first-order chi connectivity index (χ1) is 7.97. The SMILES string of the molecule is COC(=O)C(C)NC(=O)c1snnc1C(C)C. The maximum absolute atomic E-state index is 11.9. The van der Waals surface area contributed by atoms with Crippen molar-refractivity contribution in [3.05, 3.63) is 10.6 Å². The average molecular weight is 257 g/mol. The van der Waals surface area contributed by atoms with E-state index in [1.54, 1.807) is 6.92 Å². The number of nitrogens with zero attached hydrogens (tertiary/aromatic N) is 2. The molecule has 0 aliphatic heterocycles. The molecule has 0 aromatic carbocycles. The van der Waals surface area contributed by atoms with E-state index >= 15 is 0 Å². The van der Waals surface area contributed by atoms with E-state index in [0.29, 0.717) is 10.6 Å². The molecule has 1 aromatic heterocycles. The monoisotopic (exact) mass is 257 g/mol. The summed E-state index contributed by atoms with van der Waals surface area (Å²) in [6.07, 6.45) is 0. The van der Waals surface area contributed by atoms with E-state index < -0.39 is 12.0 Å². The van der Waals surface area contributed by atoms with Crippen LogP contribution in [0.3, 0.4) is 0 Å². The number of methoxy groups -OCH3 is 1. The Morgan fingerprint density at radius 2 is 2.00 bits per heavy atom. The minimum absolute atomic E-state index is 0.114. The molecule has 1 unspecified atom stereocenters. The van der Waals surface area contributed by atoms with Crippen molar-refractivity contribution < 1.29 is 14.3 Å². The van der Waals surface area contributed by atoms with Crippen LogP contribution in [0.4, 0.5) is 0 Å². The largest absolute Gasteiger partial charge is 0.467 e. The normalized spacial score (nSPS) is 12.3. The Morgan fingerprint density at radius 3 is 2.53 bits per heavy atom. The third-order valence-corrected chi connectivity index (χ3v) is 2.91. The molecule has 1 N–H and O–H groups in total. The van der Waals surface area contributed by atoms with Gasteiger partial charge in [-0.2, -0.15) is 0 Å². The first-order valence-electron chi connectivity index (χ1n) is 5.18. The van der Waals surface area contributed by atoms with E-state index in [-0.39, 0.29) is 11.8 Å². The Labute approximate surface area is 104 Å². The molecule has 0 fully saturated rings. The average Bonchev–Trinajstić information content (AvgIpc) is 2.76. The molecule has 1 amide bonds. The molecule has 0 aliphatic rings. The van der Waals surface area contributed by atoms with Gasteiger partial charge in [0.1, 0.15) is 10.9 Å². The van der Waals surface area contributed by atoms with Crippen LogP contribution in [-0.4, -0.2) is 34.6 Å². The Hall–Kier alpha value is -1.50. The van der Waals surface area contributed by atoms with Gasteiger partial charge in [0.25, 0.3) is 5.91 Å². The van der Waals surface area contributed by atoms with Gasteiger partial charge in [-0.25, -0.2) is 4.79 Å². The molecular weight excluding hydrogens is 242 g/mol. The maximum Gasteiger partial charge on any atom is 0.328 e.